The molecule has 0 spiro atoms. The van der Waals surface area contributed by atoms with Crippen LogP contribution in [0, 0.1) is 6.92 Å². The Bertz CT molecular complexity index is 593. The minimum Gasteiger partial charge on any atom is -0.377 e. The van der Waals surface area contributed by atoms with Gasteiger partial charge in [0.15, 0.2) is 0 Å². The Morgan fingerprint density at radius 2 is 2.05 bits per heavy atom. The molecule has 3 nitrogen and oxygen atoms in total. The lowest BCUT2D eigenvalue weighted by Gasteiger charge is -2.22. The molecule has 4 heteroatoms. The zero-order chi connectivity index (χ0) is 14.0. The van der Waals surface area contributed by atoms with Gasteiger partial charge >= 0.3 is 0 Å². The quantitative estimate of drug-likeness (QED) is 0.931. The molecule has 0 bridgehead atoms. The molecular weight excluding hydrogens is 258 g/mol. The van der Waals surface area contributed by atoms with Crippen molar-refractivity contribution in [3.05, 3.63) is 34.5 Å². The maximum Gasteiger partial charge on any atom is 0.0912 e. The Morgan fingerprint density at radius 1 is 1.32 bits per heavy atom. The lowest BCUT2D eigenvalue weighted by Crippen LogP contribution is -2.17. The van der Waals surface area contributed by atoms with E-state index in [-0.39, 0.29) is 0 Å². The van der Waals surface area contributed by atoms with Crippen molar-refractivity contribution in [2.45, 2.75) is 13.3 Å². The van der Waals surface area contributed by atoms with Gasteiger partial charge in [0.25, 0.3) is 0 Å². The SMILES string of the molecule is CNCCc1c(C)nc2c(Cl)cccc2c1N(C)C. The number of rotatable bonds is 4. The molecule has 2 aromatic rings. The van der Waals surface area contributed by atoms with E-state index in [9.17, 15) is 0 Å². The molecule has 0 amide bonds. The van der Waals surface area contributed by atoms with Crippen LogP contribution in [0.1, 0.15) is 11.3 Å². The molecule has 1 aromatic heterocycles. The third-order valence-electron chi connectivity index (χ3n) is 3.32. The van der Waals surface area contributed by atoms with E-state index < -0.39 is 0 Å². The van der Waals surface area contributed by atoms with Crippen LogP contribution in [0.25, 0.3) is 10.9 Å². The minimum atomic E-state index is 0.712. The van der Waals surface area contributed by atoms with Crippen molar-refractivity contribution < 1.29 is 0 Å². The lowest BCUT2D eigenvalue weighted by atomic mass is 10.0. The summed E-state index contributed by atoms with van der Waals surface area (Å²) in [7, 11) is 6.10. The van der Waals surface area contributed by atoms with Crippen molar-refractivity contribution in [2.24, 2.45) is 0 Å². The van der Waals surface area contributed by atoms with Gasteiger partial charge in [0.1, 0.15) is 0 Å². The van der Waals surface area contributed by atoms with Crippen molar-refractivity contribution in [3.8, 4) is 0 Å². The molecule has 0 saturated heterocycles. The van der Waals surface area contributed by atoms with E-state index in [4.69, 9.17) is 11.6 Å². The smallest absolute Gasteiger partial charge is 0.0912 e. The summed E-state index contributed by atoms with van der Waals surface area (Å²) >= 11 is 6.27. The number of fused-ring (bicyclic) bond motifs is 1. The monoisotopic (exact) mass is 277 g/mol. The Morgan fingerprint density at radius 3 is 2.68 bits per heavy atom. The highest BCUT2D eigenvalue weighted by atomic mass is 35.5. The summed E-state index contributed by atoms with van der Waals surface area (Å²) in [6.45, 7) is 3.00. The van der Waals surface area contributed by atoms with Gasteiger partial charge in [-0.1, -0.05) is 23.7 Å². The molecule has 0 saturated carbocycles. The Labute approximate surface area is 119 Å². The van der Waals surface area contributed by atoms with Gasteiger partial charge in [0.05, 0.1) is 16.2 Å². The highest BCUT2D eigenvalue weighted by Gasteiger charge is 2.15. The zero-order valence-corrected chi connectivity index (χ0v) is 12.7. The van der Waals surface area contributed by atoms with Crippen LogP contribution in [-0.2, 0) is 6.42 Å². The second-order valence-corrected chi connectivity index (χ2v) is 5.32. The van der Waals surface area contributed by atoms with Crippen LogP contribution in [0.2, 0.25) is 5.02 Å². The average molecular weight is 278 g/mol. The lowest BCUT2D eigenvalue weighted by molar-refractivity contribution is 0.784. The number of nitrogens with zero attached hydrogens (tertiary/aromatic N) is 2. The number of anilines is 1. The standard InChI is InChI=1S/C15H20ClN3/c1-10-11(8-9-17-2)15(19(3)4)12-6-5-7-13(16)14(12)18-10/h5-7,17H,8-9H2,1-4H3. The fourth-order valence-electron chi connectivity index (χ4n) is 2.45. The fourth-order valence-corrected chi connectivity index (χ4v) is 2.67. The molecule has 0 atom stereocenters. The number of nitrogens with one attached hydrogen (secondary N) is 1. The number of pyridine rings is 1. The van der Waals surface area contributed by atoms with Crippen molar-refractivity contribution in [1.82, 2.24) is 10.3 Å². The van der Waals surface area contributed by atoms with E-state index >= 15 is 0 Å². The number of aromatic nitrogens is 1. The van der Waals surface area contributed by atoms with E-state index in [0.29, 0.717) is 5.02 Å². The maximum absolute atomic E-state index is 6.27. The molecule has 0 aliphatic rings. The molecule has 1 aromatic carbocycles. The molecule has 19 heavy (non-hydrogen) atoms. The molecule has 0 unspecified atom stereocenters. The molecule has 102 valence electrons. The molecule has 0 radical (unpaired) electrons. The minimum absolute atomic E-state index is 0.712. The number of likely N-dealkylation sites (N-methyl/N-ethyl adjacent to an activating group) is 1. The number of benzene rings is 1. The number of para-hydroxylation sites is 1. The van der Waals surface area contributed by atoms with Gasteiger partial charge in [0, 0.05) is 25.2 Å². The van der Waals surface area contributed by atoms with Crippen LogP contribution in [0.3, 0.4) is 0 Å². The molecule has 1 heterocycles. The van der Waals surface area contributed by atoms with Crippen molar-refractivity contribution in [3.63, 3.8) is 0 Å². The van der Waals surface area contributed by atoms with Gasteiger partial charge in [-0.05, 0) is 38.6 Å². The van der Waals surface area contributed by atoms with Gasteiger partial charge in [-0.3, -0.25) is 4.98 Å². The maximum atomic E-state index is 6.27. The van der Waals surface area contributed by atoms with E-state index in [1.165, 1.54) is 11.3 Å². The predicted molar refractivity (Wildman–Crippen MR) is 83.4 cm³/mol. The van der Waals surface area contributed by atoms with Crippen LogP contribution < -0.4 is 10.2 Å². The van der Waals surface area contributed by atoms with Crippen LogP contribution >= 0.6 is 11.6 Å². The summed E-state index contributed by atoms with van der Waals surface area (Å²) in [6.07, 6.45) is 0.964. The highest BCUT2D eigenvalue weighted by Crippen LogP contribution is 2.33. The van der Waals surface area contributed by atoms with E-state index in [1.54, 1.807) is 0 Å². The fraction of sp³-hybridized carbons (Fsp3) is 0.400. The molecular formula is C15H20ClN3. The van der Waals surface area contributed by atoms with Crippen molar-refractivity contribution >= 4 is 28.2 Å². The summed E-state index contributed by atoms with van der Waals surface area (Å²) in [6, 6.07) is 5.96. The predicted octanol–water partition coefficient (Wildman–Crippen LogP) is 3.02. The highest BCUT2D eigenvalue weighted by molar-refractivity contribution is 6.35. The van der Waals surface area contributed by atoms with Gasteiger partial charge in [-0.2, -0.15) is 0 Å². The van der Waals surface area contributed by atoms with Gasteiger partial charge in [-0.15, -0.1) is 0 Å². The van der Waals surface area contributed by atoms with Crippen LogP contribution in [-0.4, -0.2) is 32.7 Å². The second-order valence-electron chi connectivity index (χ2n) is 4.91. The molecule has 2 rings (SSSR count). The zero-order valence-electron chi connectivity index (χ0n) is 11.9. The first-order chi connectivity index (χ1) is 9.06. The molecule has 0 aliphatic carbocycles. The summed E-state index contributed by atoms with van der Waals surface area (Å²) in [5, 5.41) is 5.03. The first-order valence-electron chi connectivity index (χ1n) is 6.46. The van der Waals surface area contributed by atoms with Crippen molar-refractivity contribution in [2.75, 3.05) is 32.6 Å². The van der Waals surface area contributed by atoms with E-state index in [1.807, 2.05) is 19.2 Å². The number of halogens is 1. The number of hydrogen-bond donors (Lipinski definition) is 1. The Balaban J connectivity index is 2.74. The first kappa shape index (κ1) is 14.1. The normalized spacial score (nSPS) is 11.0. The molecule has 0 aliphatic heterocycles. The van der Waals surface area contributed by atoms with Gasteiger partial charge in [-0.25, -0.2) is 0 Å². The Hall–Kier alpha value is -1.32. The van der Waals surface area contributed by atoms with Gasteiger partial charge in [0.2, 0.25) is 0 Å². The summed E-state index contributed by atoms with van der Waals surface area (Å²) in [5.41, 5.74) is 4.45. The third kappa shape index (κ3) is 2.67. The second kappa shape index (κ2) is 5.76. The van der Waals surface area contributed by atoms with E-state index in [2.05, 4.69) is 42.3 Å². The third-order valence-corrected chi connectivity index (χ3v) is 3.62. The largest absolute Gasteiger partial charge is 0.377 e. The van der Waals surface area contributed by atoms with Crippen LogP contribution in [0.15, 0.2) is 18.2 Å². The van der Waals surface area contributed by atoms with E-state index in [0.717, 1.165) is 29.6 Å². The van der Waals surface area contributed by atoms with Crippen LogP contribution in [0.4, 0.5) is 5.69 Å². The summed E-state index contributed by atoms with van der Waals surface area (Å²) in [4.78, 5) is 6.84. The number of aryl methyl sites for hydroxylation is 1. The van der Waals surface area contributed by atoms with Crippen molar-refractivity contribution in [1.29, 1.82) is 0 Å². The van der Waals surface area contributed by atoms with Crippen LogP contribution in [0.5, 0.6) is 0 Å². The molecule has 0 fully saturated rings. The summed E-state index contributed by atoms with van der Waals surface area (Å²) < 4.78 is 0. The molecule has 1 N–H and O–H groups in total. The summed E-state index contributed by atoms with van der Waals surface area (Å²) in [5.74, 6) is 0. The Kier molecular flexibility index (Phi) is 4.27. The topological polar surface area (TPSA) is 28.2 Å². The average Bonchev–Trinajstić information content (AvgIpc) is 2.36. The first-order valence-corrected chi connectivity index (χ1v) is 6.83. The number of hydrogen-bond acceptors (Lipinski definition) is 3. The van der Waals surface area contributed by atoms with Gasteiger partial charge < -0.3 is 10.2 Å².